The number of carbonyl (C=O) groups excluding carboxylic acids is 2. The van der Waals surface area contributed by atoms with Crippen molar-refractivity contribution >= 4 is 17.6 Å². The van der Waals surface area contributed by atoms with Crippen LogP contribution in [-0.2, 0) is 20.9 Å². The van der Waals surface area contributed by atoms with Crippen molar-refractivity contribution < 1.29 is 27.5 Å². The molecule has 2 amide bonds. The van der Waals surface area contributed by atoms with Gasteiger partial charge in [0.2, 0.25) is 11.8 Å². The van der Waals surface area contributed by atoms with Gasteiger partial charge < -0.3 is 15.4 Å². The predicted molar refractivity (Wildman–Crippen MR) is 124 cm³/mol. The van der Waals surface area contributed by atoms with E-state index in [1.807, 2.05) is 30.3 Å². The molecular weight excluding hydrogens is 461 g/mol. The summed E-state index contributed by atoms with van der Waals surface area (Å²) in [6, 6.07) is 17.9. The fraction of sp³-hybridized carbons (Fsp3) is 0.320. The maximum absolute atomic E-state index is 13.2. The lowest BCUT2D eigenvalue weighted by molar-refractivity contribution is -0.267. The molecule has 0 unspecified atom stereocenters. The zero-order valence-electron chi connectivity index (χ0n) is 19.2. The highest BCUT2D eigenvalue weighted by Gasteiger charge is 2.48. The molecule has 0 bridgehead atoms. The molecule has 0 saturated carbocycles. The Morgan fingerprint density at radius 1 is 1.14 bits per heavy atom. The average molecular weight is 486 g/mol. The van der Waals surface area contributed by atoms with E-state index in [4.69, 9.17) is 4.74 Å². The minimum Gasteiger partial charge on any atom is -0.361 e. The van der Waals surface area contributed by atoms with Crippen molar-refractivity contribution in [3.63, 3.8) is 0 Å². The molecule has 2 N–H and O–H groups in total. The van der Waals surface area contributed by atoms with Crippen molar-refractivity contribution in [3.8, 4) is 16.9 Å². The highest BCUT2D eigenvalue weighted by atomic mass is 19.4. The quantitative estimate of drug-likeness (QED) is 0.516. The van der Waals surface area contributed by atoms with Crippen molar-refractivity contribution in [2.24, 2.45) is 5.92 Å². The highest BCUT2D eigenvalue weighted by Crippen LogP contribution is 2.34. The van der Waals surface area contributed by atoms with Gasteiger partial charge in [-0.05, 0) is 37.6 Å². The van der Waals surface area contributed by atoms with Gasteiger partial charge in [0.25, 0.3) is 0 Å². The number of hydrogen-bond donors (Lipinski definition) is 2. The third kappa shape index (κ3) is 5.54. The lowest BCUT2D eigenvalue weighted by Gasteiger charge is -2.28. The maximum Gasteiger partial charge on any atom is 0.416 e. The van der Waals surface area contributed by atoms with Gasteiger partial charge >= 0.3 is 6.18 Å². The fourth-order valence-electron chi connectivity index (χ4n) is 3.60. The minimum atomic E-state index is -4.50. The van der Waals surface area contributed by atoms with Gasteiger partial charge in [0.05, 0.1) is 23.9 Å². The van der Waals surface area contributed by atoms with E-state index in [1.54, 1.807) is 35.0 Å². The molecule has 35 heavy (non-hydrogen) atoms. The summed E-state index contributed by atoms with van der Waals surface area (Å²) in [5.41, 5.74) is 0.319. The number of nitrogens with one attached hydrogen (secondary N) is 2. The number of benzene rings is 2. The Morgan fingerprint density at radius 3 is 2.54 bits per heavy atom. The van der Waals surface area contributed by atoms with Crippen LogP contribution in [0.25, 0.3) is 16.9 Å². The first-order valence-electron chi connectivity index (χ1n) is 11.1. The highest BCUT2D eigenvalue weighted by molar-refractivity contribution is 5.97. The molecule has 1 aromatic heterocycles. The average Bonchev–Trinajstić information content (AvgIpc) is 3.44. The van der Waals surface area contributed by atoms with E-state index in [2.05, 4.69) is 15.7 Å². The monoisotopic (exact) mass is 486 g/mol. The van der Waals surface area contributed by atoms with Crippen LogP contribution in [0.3, 0.4) is 0 Å². The zero-order chi connectivity index (χ0) is 25.2. The molecule has 184 valence electrons. The topological polar surface area (TPSA) is 85.2 Å². The summed E-state index contributed by atoms with van der Waals surface area (Å²) in [6.45, 7) is 2.02. The van der Waals surface area contributed by atoms with Gasteiger partial charge in [0.1, 0.15) is 0 Å². The van der Waals surface area contributed by atoms with Crippen LogP contribution in [0.5, 0.6) is 0 Å². The second kappa shape index (κ2) is 9.53. The van der Waals surface area contributed by atoms with Gasteiger partial charge in [-0.2, -0.15) is 13.2 Å². The number of nitrogens with zero attached hydrogens (tertiary/aromatic N) is 2. The van der Waals surface area contributed by atoms with Crippen molar-refractivity contribution in [2.75, 3.05) is 11.9 Å². The molecule has 2 heterocycles. The first-order chi connectivity index (χ1) is 16.5. The van der Waals surface area contributed by atoms with Gasteiger partial charge in [-0.15, -0.1) is 5.10 Å². The number of rotatable bonds is 7. The Morgan fingerprint density at radius 2 is 1.89 bits per heavy atom. The van der Waals surface area contributed by atoms with E-state index in [0.29, 0.717) is 22.6 Å². The zero-order valence-corrected chi connectivity index (χ0v) is 19.2. The van der Waals surface area contributed by atoms with Gasteiger partial charge in [-0.1, -0.05) is 36.4 Å². The second-order valence-corrected chi connectivity index (χ2v) is 8.85. The summed E-state index contributed by atoms with van der Waals surface area (Å²) in [7, 11) is 0. The summed E-state index contributed by atoms with van der Waals surface area (Å²) in [6.07, 6.45) is -4.38. The largest absolute Gasteiger partial charge is 0.416 e. The van der Waals surface area contributed by atoms with E-state index in [1.165, 1.54) is 0 Å². The molecule has 0 spiro atoms. The van der Waals surface area contributed by atoms with Gasteiger partial charge in [0, 0.05) is 24.6 Å². The van der Waals surface area contributed by atoms with Crippen molar-refractivity contribution in [1.82, 2.24) is 15.1 Å². The summed E-state index contributed by atoms with van der Waals surface area (Å²) < 4.78 is 46.3. The number of alkyl halides is 3. The number of para-hydroxylation sites is 1. The smallest absolute Gasteiger partial charge is 0.361 e. The Labute approximate surface area is 200 Å². The maximum atomic E-state index is 13.2. The van der Waals surface area contributed by atoms with Crippen LogP contribution in [0.1, 0.15) is 25.8 Å². The molecule has 1 aliphatic rings. The number of anilines is 1. The van der Waals surface area contributed by atoms with Crippen LogP contribution in [-0.4, -0.2) is 39.9 Å². The SMILES string of the molecule is CC(C)(OCc1cccc(-c2cc(NC(=O)[C@@H]3CNC(=O)C3)nn2-c2ccccc2)c1)C(F)(F)F. The molecule has 0 radical (unpaired) electrons. The molecule has 4 rings (SSSR count). The van der Waals surface area contributed by atoms with Crippen LogP contribution in [0.2, 0.25) is 0 Å². The van der Waals surface area contributed by atoms with Crippen LogP contribution >= 0.6 is 0 Å². The second-order valence-electron chi connectivity index (χ2n) is 8.85. The Hall–Kier alpha value is -3.66. The third-order valence-electron chi connectivity index (χ3n) is 5.81. The molecule has 2 aromatic carbocycles. The van der Waals surface area contributed by atoms with E-state index in [9.17, 15) is 22.8 Å². The molecule has 0 aliphatic carbocycles. The molecule has 3 aromatic rings. The summed E-state index contributed by atoms with van der Waals surface area (Å²) in [4.78, 5) is 24.1. The number of hydrogen-bond acceptors (Lipinski definition) is 4. The summed E-state index contributed by atoms with van der Waals surface area (Å²) >= 11 is 0. The van der Waals surface area contributed by atoms with E-state index >= 15 is 0 Å². The number of carbonyl (C=O) groups is 2. The van der Waals surface area contributed by atoms with E-state index < -0.39 is 17.7 Å². The molecule has 1 fully saturated rings. The molecule has 1 atom stereocenters. The van der Waals surface area contributed by atoms with Crippen molar-refractivity contribution in [2.45, 2.75) is 38.7 Å². The third-order valence-corrected chi connectivity index (χ3v) is 5.81. The molecule has 1 saturated heterocycles. The van der Waals surface area contributed by atoms with Gasteiger partial charge in [-0.25, -0.2) is 4.68 Å². The van der Waals surface area contributed by atoms with Crippen LogP contribution < -0.4 is 10.6 Å². The van der Waals surface area contributed by atoms with Crippen LogP contribution in [0.15, 0.2) is 60.7 Å². The number of aromatic nitrogens is 2. The van der Waals surface area contributed by atoms with Crippen molar-refractivity contribution in [1.29, 1.82) is 0 Å². The number of halogens is 3. The molecular formula is C25H25F3N4O3. The minimum absolute atomic E-state index is 0.119. The first kappa shape index (κ1) is 24.5. The molecule has 1 aliphatic heterocycles. The van der Waals surface area contributed by atoms with E-state index in [0.717, 1.165) is 19.5 Å². The Balaban J connectivity index is 1.62. The van der Waals surface area contributed by atoms with Gasteiger partial charge in [0.15, 0.2) is 11.4 Å². The first-order valence-corrected chi connectivity index (χ1v) is 11.1. The van der Waals surface area contributed by atoms with Crippen LogP contribution in [0.4, 0.5) is 19.0 Å². The van der Waals surface area contributed by atoms with E-state index in [-0.39, 0.29) is 31.4 Å². The Bertz CT molecular complexity index is 1220. The predicted octanol–water partition coefficient (Wildman–Crippen LogP) is 4.47. The standard InChI is InChI=1S/C25H25F3N4O3/c1-24(2,25(26,27)28)35-15-16-7-6-8-17(11-16)20-13-21(30-23(34)18-12-22(33)29-14-18)31-32(20)19-9-4-3-5-10-19/h3-11,13,18H,12,14-15H2,1-2H3,(H,29,33)(H,30,31,34)/t18-/m0/s1. The number of ether oxygens (including phenoxy) is 1. The lowest BCUT2D eigenvalue weighted by Crippen LogP contribution is -2.41. The number of amides is 2. The summed E-state index contributed by atoms with van der Waals surface area (Å²) in [5.74, 6) is -0.670. The lowest BCUT2D eigenvalue weighted by atomic mass is 10.1. The molecule has 7 nitrogen and oxygen atoms in total. The molecule has 10 heteroatoms. The summed E-state index contributed by atoms with van der Waals surface area (Å²) in [5, 5.41) is 9.94. The normalized spacial score (nSPS) is 16.3. The fourth-order valence-corrected chi connectivity index (χ4v) is 3.60. The van der Waals surface area contributed by atoms with Crippen molar-refractivity contribution in [3.05, 3.63) is 66.2 Å². The Kier molecular flexibility index (Phi) is 6.66. The van der Waals surface area contributed by atoms with Gasteiger partial charge in [-0.3, -0.25) is 9.59 Å². The van der Waals surface area contributed by atoms with Crippen LogP contribution in [0, 0.1) is 5.92 Å².